The zero-order valence-corrected chi connectivity index (χ0v) is 18.1. The van der Waals surface area contributed by atoms with Crippen LogP contribution in [0.4, 0.5) is 0 Å². The van der Waals surface area contributed by atoms with Crippen LogP contribution in [0.3, 0.4) is 0 Å². The Hall–Kier alpha value is -1.83. The zero-order chi connectivity index (χ0) is 17.9. The van der Waals surface area contributed by atoms with Gasteiger partial charge >= 0.3 is 0 Å². The Labute approximate surface area is 173 Å². The Kier molecular flexibility index (Phi) is 10.7. The van der Waals surface area contributed by atoms with E-state index in [-0.39, 0.29) is 24.0 Å². The van der Waals surface area contributed by atoms with Crippen LogP contribution in [0.2, 0.25) is 0 Å². The summed E-state index contributed by atoms with van der Waals surface area (Å²) in [7, 11) is 0. The van der Waals surface area contributed by atoms with Gasteiger partial charge in [0, 0.05) is 25.2 Å². The average molecular weight is 468 g/mol. The van der Waals surface area contributed by atoms with Crippen molar-refractivity contribution in [2.75, 3.05) is 26.2 Å². The molecule has 0 bridgehead atoms. The van der Waals surface area contributed by atoms with Crippen LogP contribution in [0.15, 0.2) is 53.8 Å². The fourth-order valence-corrected chi connectivity index (χ4v) is 2.42. The summed E-state index contributed by atoms with van der Waals surface area (Å²) in [4.78, 5) is 8.72. The molecule has 0 spiro atoms. The van der Waals surface area contributed by atoms with Gasteiger partial charge in [-0.1, -0.05) is 36.8 Å². The second-order valence-corrected chi connectivity index (χ2v) is 6.00. The van der Waals surface area contributed by atoms with Gasteiger partial charge < -0.3 is 15.4 Å². The summed E-state index contributed by atoms with van der Waals surface area (Å²) >= 11 is 0. The summed E-state index contributed by atoms with van der Waals surface area (Å²) in [5, 5.41) is 6.57. The molecule has 0 aliphatic rings. The number of aromatic nitrogens is 1. The van der Waals surface area contributed by atoms with Gasteiger partial charge in [-0.2, -0.15) is 0 Å². The average Bonchev–Trinajstić information content (AvgIpc) is 2.63. The van der Waals surface area contributed by atoms with E-state index in [4.69, 9.17) is 9.73 Å². The van der Waals surface area contributed by atoms with Crippen molar-refractivity contribution >= 4 is 29.9 Å². The van der Waals surface area contributed by atoms with Crippen LogP contribution >= 0.6 is 24.0 Å². The normalized spacial score (nSPS) is 12.0. The number of hydrogen-bond acceptors (Lipinski definition) is 3. The molecular weight excluding hydrogens is 439 g/mol. The van der Waals surface area contributed by atoms with Crippen molar-refractivity contribution < 1.29 is 4.74 Å². The number of halogens is 1. The molecular formula is C20H29IN4O. The molecule has 1 aromatic carbocycles. The monoisotopic (exact) mass is 468 g/mol. The smallest absolute Gasteiger partial charge is 0.191 e. The standard InChI is InChI=1S/C20H28N4O.HI/c1-4-22-20(23-11-12-25-19-9-6-10-21-15-19)24-14-17(3)18-8-5-7-16(2)13-18;/h5-10,13,15,17H,4,11-12,14H2,1-3H3,(H2,22,23,24);1H. The summed E-state index contributed by atoms with van der Waals surface area (Å²) in [6.07, 6.45) is 3.44. The van der Waals surface area contributed by atoms with Gasteiger partial charge in [0.15, 0.2) is 5.96 Å². The van der Waals surface area contributed by atoms with Crippen molar-refractivity contribution in [2.45, 2.75) is 26.7 Å². The van der Waals surface area contributed by atoms with Crippen LogP contribution < -0.4 is 15.4 Å². The minimum Gasteiger partial charge on any atom is -0.490 e. The molecule has 0 radical (unpaired) electrons. The maximum absolute atomic E-state index is 5.63. The van der Waals surface area contributed by atoms with Gasteiger partial charge in [-0.25, -0.2) is 0 Å². The SMILES string of the molecule is CCNC(=NCC(C)c1cccc(C)c1)NCCOc1cccnc1.I. The molecule has 0 aliphatic heterocycles. The molecule has 1 unspecified atom stereocenters. The fourth-order valence-electron chi connectivity index (χ4n) is 2.42. The molecule has 26 heavy (non-hydrogen) atoms. The minimum absolute atomic E-state index is 0. The molecule has 5 nitrogen and oxygen atoms in total. The van der Waals surface area contributed by atoms with Crippen molar-refractivity contribution in [3.63, 3.8) is 0 Å². The number of guanidine groups is 1. The summed E-state index contributed by atoms with van der Waals surface area (Å²) in [5.74, 6) is 1.97. The van der Waals surface area contributed by atoms with Crippen molar-refractivity contribution in [3.05, 3.63) is 59.9 Å². The molecule has 2 rings (SSSR count). The van der Waals surface area contributed by atoms with Crippen molar-refractivity contribution in [3.8, 4) is 5.75 Å². The van der Waals surface area contributed by atoms with E-state index in [9.17, 15) is 0 Å². The number of nitrogens with zero attached hydrogens (tertiary/aromatic N) is 2. The van der Waals surface area contributed by atoms with E-state index in [0.717, 1.165) is 24.8 Å². The highest BCUT2D eigenvalue weighted by Crippen LogP contribution is 2.16. The maximum atomic E-state index is 5.63. The van der Waals surface area contributed by atoms with Crippen molar-refractivity contribution in [1.29, 1.82) is 0 Å². The summed E-state index contributed by atoms with van der Waals surface area (Å²) in [5.41, 5.74) is 2.60. The van der Waals surface area contributed by atoms with Crippen molar-refractivity contribution in [2.24, 2.45) is 4.99 Å². The number of aryl methyl sites for hydroxylation is 1. The Morgan fingerprint density at radius 1 is 1.23 bits per heavy atom. The molecule has 2 aromatic rings. The second-order valence-electron chi connectivity index (χ2n) is 6.00. The molecule has 0 amide bonds. The Morgan fingerprint density at radius 3 is 2.77 bits per heavy atom. The lowest BCUT2D eigenvalue weighted by molar-refractivity contribution is 0.320. The molecule has 142 valence electrons. The summed E-state index contributed by atoms with van der Waals surface area (Å²) in [6.45, 7) is 9.19. The number of rotatable bonds is 8. The number of nitrogens with one attached hydrogen (secondary N) is 2. The Morgan fingerprint density at radius 2 is 2.08 bits per heavy atom. The van der Waals surface area contributed by atoms with E-state index < -0.39 is 0 Å². The van der Waals surface area contributed by atoms with Gasteiger partial charge in [0.05, 0.1) is 12.7 Å². The van der Waals surface area contributed by atoms with Crippen LogP contribution in [0.5, 0.6) is 5.75 Å². The highest BCUT2D eigenvalue weighted by Gasteiger charge is 2.06. The Bertz CT molecular complexity index is 664. The molecule has 0 aliphatic carbocycles. The molecule has 6 heteroatoms. The number of ether oxygens (including phenoxy) is 1. The van der Waals surface area contributed by atoms with Gasteiger partial charge in [0.2, 0.25) is 0 Å². The third kappa shape index (κ3) is 8.03. The van der Waals surface area contributed by atoms with Crippen LogP contribution in [-0.2, 0) is 0 Å². The summed E-state index contributed by atoms with van der Waals surface area (Å²) < 4.78 is 5.63. The third-order valence-corrected chi connectivity index (χ3v) is 3.78. The number of pyridine rings is 1. The molecule has 0 fully saturated rings. The molecule has 0 saturated carbocycles. The molecule has 1 atom stereocenters. The fraction of sp³-hybridized carbons (Fsp3) is 0.400. The van der Waals surface area contributed by atoms with Gasteiger partial charge in [-0.3, -0.25) is 9.98 Å². The molecule has 2 N–H and O–H groups in total. The number of aliphatic imine (C=N–C) groups is 1. The van der Waals surface area contributed by atoms with Crippen LogP contribution in [0, 0.1) is 6.92 Å². The van der Waals surface area contributed by atoms with E-state index in [1.54, 1.807) is 12.4 Å². The predicted octanol–water partition coefficient (Wildman–Crippen LogP) is 3.75. The highest BCUT2D eigenvalue weighted by molar-refractivity contribution is 14.0. The molecule has 1 aromatic heterocycles. The van der Waals surface area contributed by atoms with E-state index in [2.05, 4.69) is 60.7 Å². The quantitative estimate of drug-likeness (QED) is 0.268. The van der Waals surface area contributed by atoms with E-state index >= 15 is 0 Å². The largest absolute Gasteiger partial charge is 0.490 e. The van der Waals surface area contributed by atoms with E-state index in [1.165, 1.54) is 11.1 Å². The first-order valence-corrected chi connectivity index (χ1v) is 8.80. The lowest BCUT2D eigenvalue weighted by atomic mass is 10.00. The van der Waals surface area contributed by atoms with Crippen LogP contribution in [0.25, 0.3) is 0 Å². The van der Waals surface area contributed by atoms with Crippen LogP contribution in [-0.4, -0.2) is 37.2 Å². The second kappa shape index (κ2) is 12.5. The highest BCUT2D eigenvalue weighted by atomic mass is 127. The van der Waals surface area contributed by atoms with Crippen molar-refractivity contribution in [1.82, 2.24) is 15.6 Å². The molecule has 1 heterocycles. The van der Waals surface area contributed by atoms with Gasteiger partial charge in [0.25, 0.3) is 0 Å². The summed E-state index contributed by atoms with van der Waals surface area (Å²) in [6, 6.07) is 12.4. The topological polar surface area (TPSA) is 58.5 Å². The first-order chi connectivity index (χ1) is 12.2. The van der Waals surface area contributed by atoms with Gasteiger partial charge in [-0.05, 0) is 31.5 Å². The number of hydrogen-bond donors (Lipinski definition) is 2. The lowest BCUT2D eigenvalue weighted by Gasteiger charge is -2.14. The van der Waals surface area contributed by atoms with Crippen LogP contribution in [0.1, 0.15) is 30.9 Å². The lowest BCUT2D eigenvalue weighted by Crippen LogP contribution is -2.39. The van der Waals surface area contributed by atoms with Gasteiger partial charge in [-0.15, -0.1) is 24.0 Å². The minimum atomic E-state index is 0. The Balaban J connectivity index is 0.00000338. The first kappa shape index (κ1) is 22.2. The maximum Gasteiger partial charge on any atom is 0.191 e. The predicted molar refractivity (Wildman–Crippen MR) is 119 cm³/mol. The van der Waals surface area contributed by atoms with E-state index in [0.29, 0.717) is 19.1 Å². The number of benzene rings is 1. The molecule has 0 saturated heterocycles. The first-order valence-electron chi connectivity index (χ1n) is 8.80. The third-order valence-electron chi connectivity index (χ3n) is 3.78. The van der Waals surface area contributed by atoms with Gasteiger partial charge in [0.1, 0.15) is 12.4 Å². The van der Waals surface area contributed by atoms with E-state index in [1.807, 2.05) is 12.1 Å². The zero-order valence-electron chi connectivity index (χ0n) is 15.7.